The number of methoxy groups -OCH3 is 2. The quantitative estimate of drug-likeness (QED) is 0.518. The molecule has 3 aromatic carbocycles. The number of phenols is 1. The number of nitrogens with two attached hydrogens (primary N) is 1. The van der Waals surface area contributed by atoms with Gasteiger partial charge in [0, 0.05) is 6.54 Å². The number of ether oxygens (including phenoxy) is 2. The minimum Gasteiger partial charge on any atom is -0.502 e. The third-order valence-corrected chi connectivity index (χ3v) is 5.99. The van der Waals surface area contributed by atoms with Crippen LogP contribution in [0.5, 0.6) is 17.2 Å². The Morgan fingerprint density at radius 3 is 2.24 bits per heavy atom. The zero-order valence-corrected chi connectivity index (χ0v) is 19.0. The van der Waals surface area contributed by atoms with Gasteiger partial charge in [-0.15, -0.1) is 0 Å². The molecule has 0 unspecified atom stereocenters. The number of anilines is 1. The van der Waals surface area contributed by atoms with E-state index in [1.807, 2.05) is 54.6 Å². The highest BCUT2D eigenvalue weighted by Crippen LogP contribution is 2.41. The van der Waals surface area contributed by atoms with E-state index in [4.69, 9.17) is 20.2 Å². The van der Waals surface area contributed by atoms with Crippen LogP contribution >= 0.6 is 11.8 Å². The fraction of sp³-hybridized carbons (Fsp3) is 0.120. The highest BCUT2D eigenvalue weighted by molar-refractivity contribution is 8.19. The molecule has 0 bridgehead atoms. The molecule has 7 nitrogen and oxygen atoms in total. The molecule has 0 aromatic heterocycles. The number of rotatable bonds is 6. The van der Waals surface area contributed by atoms with E-state index < -0.39 is 0 Å². The first-order valence-corrected chi connectivity index (χ1v) is 11.0. The lowest BCUT2D eigenvalue weighted by Crippen LogP contribution is -2.28. The van der Waals surface area contributed by atoms with Crippen molar-refractivity contribution in [3.05, 3.63) is 82.8 Å². The summed E-state index contributed by atoms with van der Waals surface area (Å²) in [6.07, 6.45) is 1.73. The Bertz CT molecular complexity index is 1200. The number of hydrogen-bond acceptors (Lipinski definition) is 7. The smallest absolute Gasteiger partial charge is 0.271 e. The van der Waals surface area contributed by atoms with Crippen LogP contribution < -0.4 is 20.1 Å². The second-order valence-electron chi connectivity index (χ2n) is 7.13. The summed E-state index contributed by atoms with van der Waals surface area (Å²) in [5.74, 6) is 0.215. The van der Waals surface area contributed by atoms with E-state index in [9.17, 15) is 9.90 Å². The van der Waals surface area contributed by atoms with Crippen LogP contribution in [-0.4, -0.2) is 30.4 Å². The highest BCUT2D eigenvalue weighted by Gasteiger charge is 2.34. The number of aliphatic imine (C=N–C) groups is 1. The van der Waals surface area contributed by atoms with Crippen LogP contribution in [0.25, 0.3) is 6.08 Å². The Balaban J connectivity index is 1.77. The average Bonchev–Trinajstić information content (AvgIpc) is 3.15. The molecule has 0 saturated carbocycles. The number of phenolic OH excluding ortho intramolecular Hbond substituents is 1. The van der Waals surface area contributed by atoms with Crippen molar-refractivity contribution in [3.8, 4) is 17.2 Å². The van der Waals surface area contributed by atoms with Crippen molar-refractivity contribution in [1.29, 1.82) is 0 Å². The molecule has 1 saturated heterocycles. The summed E-state index contributed by atoms with van der Waals surface area (Å²) in [6.45, 7) is 0.451. The standard InChI is InChI=1S/C25H23N3O4S/c1-31-20-12-17(13-21(32-2)23(20)29)14-22-24(30)28(19-6-4-3-5-7-19)25(33-22)27-18-10-8-16(15-26)9-11-18/h3-14,29H,15,26H2,1-2H3/b22-14+,27-25+. The van der Waals surface area contributed by atoms with E-state index >= 15 is 0 Å². The molecule has 8 heteroatoms. The van der Waals surface area contributed by atoms with E-state index in [1.54, 1.807) is 23.1 Å². The van der Waals surface area contributed by atoms with Gasteiger partial charge in [0.05, 0.1) is 30.5 Å². The summed E-state index contributed by atoms with van der Waals surface area (Å²) < 4.78 is 10.5. The van der Waals surface area contributed by atoms with E-state index in [2.05, 4.69) is 0 Å². The summed E-state index contributed by atoms with van der Waals surface area (Å²) in [6, 6.07) is 20.2. The minimum absolute atomic E-state index is 0.0957. The number of benzene rings is 3. The van der Waals surface area contributed by atoms with Gasteiger partial charge in [0.15, 0.2) is 16.7 Å². The molecule has 0 aliphatic carbocycles. The van der Waals surface area contributed by atoms with Gasteiger partial charge in [-0.25, -0.2) is 4.99 Å². The lowest BCUT2D eigenvalue weighted by Gasteiger charge is -2.15. The summed E-state index contributed by atoms with van der Waals surface area (Å²) >= 11 is 1.27. The zero-order valence-electron chi connectivity index (χ0n) is 18.2. The Hall–Kier alpha value is -3.75. The number of aromatic hydroxyl groups is 1. The van der Waals surface area contributed by atoms with Crippen molar-refractivity contribution in [1.82, 2.24) is 0 Å². The topological polar surface area (TPSA) is 97.4 Å². The molecule has 4 rings (SSSR count). The largest absolute Gasteiger partial charge is 0.502 e. The van der Waals surface area contributed by atoms with Crippen LogP contribution in [0, 0.1) is 0 Å². The Kier molecular flexibility index (Phi) is 6.67. The number of carbonyl (C=O) groups excluding carboxylic acids is 1. The van der Waals surface area contributed by atoms with Crippen LogP contribution in [-0.2, 0) is 11.3 Å². The summed E-state index contributed by atoms with van der Waals surface area (Å²) in [5, 5.41) is 10.7. The predicted octanol–water partition coefficient (Wildman–Crippen LogP) is 4.68. The van der Waals surface area contributed by atoms with Gasteiger partial charge in [-0.3, -0.25) is 9.69 Å². The van der Waals surface area contributed by atoms with E-state index in [0.29, 0.717) is 22.2 Å². The van der Waals surface area contributed by atoms with E-state index in [-0.39, 0.29) is 23.2 Å². The molecule has 0 atom stereocenters. The van der Waals surface area contributed by atoms with Gasteiger partial charge >= 0.3 is 0 Å². The maximum absolute atomic E-state index is 13.4. The molecular formula is C25H23N3O4S. The van der Waals surface area contributed by atoms with Crippen molar-refractivity contribution < 1.29 is 19.4 Å². The first-order chi connectivity index (χ1) is 16.0. The third kappa shape index (κ3) is 4.72. The summed E-state index contributed by atoms with van der Waals surface area (Å²) in [5.41, 5.74) is 8.78. The lowest BCUT2D eigenvalue weighted by atomic mass is 10.1. The molecule has 33 heavy (non-hydrogen) atoms. The number of amides is 1. The van der Waals surface area contributed by atoms with Crippen molar-refractivity contribution in [2.45, 2.75) is 6.54 Å². The molecule has 0 radical (unpaired) electrons. The number of carbonyl (C=O) groups is 1. The fourth-order valence-electron chi connectivity index (χ4n) is 3.32. The Labute approximate surface area is 196 Å². The van der Waals surface area contributed by atoms with Gasteiger partial charge in [-0.1, -0.05) is 30.3 Å². The van der Waals surface area contributed by atoms with Crippen LogP contribution in [0.3, 0.4) is 0 Å². The Morgan fingerprint density at radius 2 is 1.67 bits per heavy atom. The monoisotopic (exact) mass is 461 g/mol. The van der Waals surface area contributed by atoms with Gasteiger partial charge in [0.25, 0.3) is 5.91 Å². The molecule has 3 N–H and O–H groups in total. The molecule has 1 aliphatic rings. The second-order valence-corrected chi connectivity index (χ2v) is 8.13. The molecule has 0 spiro atoms. The van der Waals surface area contributed by atoms with Gasteiger partial charge in [-0.2, -0.15) is 0 Å². The van der Waals surface area contributed by atoms with E-state index in [1.165, 1.54) is 26.0 Å². The molecular weight excluding hydrogens is 438 g/mol. The number of para-hydroxylation sites is 1. The zero-order chi connectivity index (χ0) is 23.4. The van der Waals surface area contributed by atoms with E-state index in [0.717, 1.165) is 16.9 Å². The van der Waals surface area contributed by atoms with Gasteiger partial charge in [0.2, 0.25) is 5.75 Å². The lowest BCUT2D eigenvalue weighted by molar-refractivity contribution is -0.113. The van der Waals surface area contributed by atoms with Crippen LogP contribution in [0.15, 0.2) is 76.6 Å². The Morgan fingerprint density at radius 1 is 1.03 bits per heavy atom. The fourth-order valence-corrected chi connectivity index (χ4v) is 4.32. The SMILES string of the molecule is COc1cc(/C=C2/S/C(=N/c3ccc(CN)cc3)N(c3ccccc3)C2=O)cc(OC)c1O. The molecule has 1 amide bonds. The maximum atomic E-state index is 13.4. The first kappa shape index (κ1) is 22.4. The molecule has 1 heterocycles. The predicted molar refractivity (Wildman–Crippen MR) is 132 cm³/mol. The van der Waals surface area contributed by atoms with Crippen molar-refractivity contribution in [2.75, 3.05) is 19.1 Å². The molecule has 168 valence electrons. The van der Waals surface area contributed by atoms with Crippen LogP contribution in [0.4, 0.5) is 11.4 Å². The number of hydrogen-bond donors (Lipinski definition) is 2. The first-order valence-electron chi connectivity index (χ1n) is 10.2. The highest BCUT2D eigenvalue weighted by atomic mass is 32.2. The van der Waals surface area contributed by atoms with Crippen LogP contribution in [0.1, 0.15) is 11.1 Å². The number of nitrogens with zero attached hydrogens (tertiary/aromatic N) is 2. The van der Waals surface area contributed by atoms with Crippen molar-refractivity contribution >= 4 is 40.3 Å². The van der Waals surface area contributed by atoms with Gasteiger partial charge in [0.1, 0.15) is 0 Å². The summed E-state index contributed by atoms with van der Waals surface area (Å²) in [4.78, 5) is 20.2. The molecule has 3 aromatic rings. The molecule has 1 fully saturated rings. The van der Waals surface area contributed by atoms with Crippen molar-refractivity contribution in [3.63, 3.8) is 0 Å². The normalized spacial score (nSPS) is 16.0. The van der Waals surface area contributed by atoms with Gasteiger partial charge < -0.3 is 20.3 Å². The average molecular weight is 462 g/mol. The molecule has 1 aliphatic heterocycles. The number of thioether (sulfide) groups is 1. The van der Waals surface area contributed by atoms with Crippen molar-refractivity contribution in [2.24, 2.45) is 10.7 Å². The maximum Gasteiger partial charge on any atom is 0.271 e. The second kappa shape index (κ2) is 9.81. The third-order valence-electron chi connectivity index (χ3n) is 5.02. The van der Waals surface area contributed by atoms with Crippen LogP contribution in [0.2, 0.25) is 0 Å². The summed E-state index contributed by atoms with van der Waals surface area (Å²) in [7, 11) is 2.91. The number of amidine groups is 1. The van der Waals surface area contributed by atoms with Gasteiger partial charge in [-0.05, 0) is 65.4 Å². The minimum atomic E-state index is -0.200.